The van der Waals surface area contributed by atoms with Crippen LogP contribution in [-0.4, -0.2) is 50.5 Å². The molecule has 0 radical (unpaired) electrons. The molecule has 0 aromatic rings. The van der Waals surface area contributed by atoms with Gasteiger partial charge in [-0.2, -0.15) is 8.78 Å². The topological polar surface area (TPSA) is 83.5 Å². The minimum absolute atomic E-state index is 0.193. The quantitative estimate of drug-likeness (QED) is 0.593. The molecule has 2 N–H and O–H groups in total. The van der Waals surface area contributed by atoms with E-state index in [0.717, 1.165) is 6.26 Å². The van der Waals surface area contributed by atoms with Crippen molar-refractivity contribution in [3.63, 3.8) is 0 Å². The summed E-state index contributed by atoms with van der Waals surface area (Å²) in [6.07, 6.45) is 0.962. The van der Waals surface area contributed by atoms with Gasteiger partial charge in [-0.25, -0.2) is 13.2 Å². The van der Waals surface area contributed by atoms with Crippen molar-refractivity contribution < 1.29 is 27.1 Å². The second kappa shape index (κ2) is 4.65. The monoisotopic (exact) mass is 231 g/mol. The maximum absolute atomic E-state index is 12.4. The molecule has 0 aliphatic heterocycles. The number of alkyl halides is 2. The zero-order chi connectivity index (χ0) is 11.4. The molecule has 0 rings (SSSR count). The predicted octanol–water partition coefficient (Wildman–Crippen LogP) is -0.660. The van der Waals surface area contributed by atoms with Gasteiger partial charge in [0.05, 0.1) is 12.3 Å². The van der Waals surface area contributed by atoms with Gasteiger partial charge in [-0.15, -0.1) is 0 Å². The average molecular weight is 231 g/mol. The standard InChI is InChI=1S/C6H11F2NO4S/c1-14(12,13)3-2-9-4-6(7,8)5(10)11/h9H,2-4H2,1H3,(H,10,11). The maximum atomic E-state index is 12.4. The lowest BCUT2D eigenvalue weighted by molar-refractivity contribution is -0.163. The summed E-state index contributed by atoms with van der Waals surface area (Å²) in [7, 11) is -3.22. The van der Waals surface area contributed by atoms with Crippen LogP contribution in [0.1, 0.15) is 0 Å². The highest BCUT2D eigenvalue weighted by Crippen LogP contribution is 2.11. The number of carboxylic acid groups (broad SMARTS) is 1. The molecule has 0 unspecified atom stereocenters. The lowest BCUT2D eigenvalue weighted by Gasteiger charge is -2.11. The Balaban J connectivity index is 3.81. The fraction of sp³-hybridized carbons (Fsp3) is 0.833. The molecule has 0 aromatic carbocycles. The number of rotatable bonds is 6. The van der Waals surface area contributed by atoms with Crippen molar-refractivity contribution in [2.75, 3.05) is 25.1 Å². The van der Waals surface area contributed by atoms with E-state index in [0.29, 0.717) is 0 Å². The zero-order valence-electron chi connectivity index (χ0n) is 7.46. The maximum Gasteiger partial charge on any atom is 0.375 e. The van der Waals surface area contributed by atoms with Crippen LogP contribution in [0.2, 0.25) is 0 Å². The number of hydrogen-bond acceptors (Lipinski definition) is 4. The summed E-state index contributed by atoms with van der Waals surface area (Å²) >= 11 is 0. The molecular formula is C6H11F2NO4S. The van der Waals surface area contributed by atoms with Crippen LogP contribution >= 0.6 is 0 Å². The Hall–Kier alpha value is -0.760. The summed E-state index contributed by atoms with van der Waals surface area (Å²) in [5.41, 5.74) is 0. The van der Waals surface area contributed by atoms with Crippen LogP contribution in [0.4, 0.5) is 8.78 Å². The van der Waals surface area contributed by atoms with E-state index < -0.39 is 28.3 Å². The van der Waals surface area contributed by atoms with Crippen molar-refractivity contribution in [3.8, 4) is 0 Å². The smallest absolute Gasteiger partial charge is 0.375 e. The Morgan fingerprint density at radius 2 is 2.00 bits per heavy atom. The number of carbonyl (C=O) groups is 1. The normalized spacial score (nSPS) is 12.8. The van der Waals surface area contributed by atoms with Crippen LogP contribution in [0, 0.1) is 0 Å². The molecule has 0 amide bonds. The van der Waals surface area contributed by atoms with E-state index >= 15 is 0 Å². The van der Waals surface area contributed by atoms with Gasteiger partial charge in [0.2, 0.25) is 0 Å². The third kappa shape index (κ3) is 5.81. The van der Waals surface area contributed by atoms with Gasteiger partial charge in [-0.1, -0.05) is 0 Å². The summed E-state index contributed by atoms with van der Waals surface area (Å²) in [6.45, 7) is -1.26. The van der Waals surface area contributed by atoms with E-state index in [1.54, 1.807) is 0 Å². The third-order valence-electron chi connectivity index (χ3n) is 1.31. The minimum atomic E-state index is -3.86. The first-order valence-electron chi connectivity index (χ1n) is 3.65. The molecule has 0 aliphatic carbocycles. The first-order valence-corrected chi connectivity index (χ1v) is 5.71. The van der Waals surface area contributed by atoms with E-state index in [4.69, 9.17) is 5.11 Å². The highest BCUT2D eigenvalue weighted by molar-refractivity contribution is 7.90. The molecule has 0 saturated carbocycles. The number of nitrogens with one attached hydrogen (secondary N) is 1. The van der Waals surface area contributed by atoms with E-state index in [1.807, 2.05) is 0 Å². The van der Waals surface area contributed by atoms with E-state index in [2.05, 4.69) is 5.32 Å². The number of aliphatic carboxylic acids is 1. The molecule has 0 spiro atoms. The van der Waals surface area contributed by atoms with Gasteiger partial charge in [0.1, 0.15) is 9.84 Å². The van der Waals surface area contributed by atoms with Crippen molar-refractivity contribution in [2.24, 2.45) is 0 Å². The van der Waals surface area contributed by atoms with E-state index in [9.17, 15) is 22.0 Å². The molecule has 0 atom stereocenters. The molecule has 0 saturated heterocycles. The fourth-order valence-electron chi connectivity index (χ4n) is 0.579. The van der Waals surface area contributed by atoms with Gasteiger partial charge in [0.15, 0.2) is 0 Å². The summed E-state index contributed by atoms with van der Waals surface area (Å²) in [6, 6.07) is 0. The molecule has 0 aromatic heterocycles. The second-order valence-electron chi connectivity index (χ2n) is 2.82. The Labute approximate surface area is 80.0 Å². The van der Waals surface area contributed by atoms with Crippen LogP contribution in [0.3, 0.4) is 0 Å². The van der Waals surface area contributed by atoms with Gasteiger partial charge in [-0.05, 0) is 0 Å². The van der Waals surface area contributed by atoms with Crippen molar-refractivity contribution in [1.82, 2.24) is 5.32 Å². The Bertz CT molecular complexity index is 301. The summed E-state index contributed by atoms with van der Waals surface area (Å²) in [5.74, 6) is -6.40. The molecule has 5 nitrogen and oxygen atoms in total. The van der Waals surface area contributed by atoms with Crippen LogP contribution in [0.15, 0.2) is 0 Å². The molecule has 0 bridgehead atoms. The number of halogens is 2. The lowest BCUT2D eigenvalue weighted by atomic mass is 10.3. The van der Waals surface area contributed by atoms with Gasteiger partial charge in [0, 0.05) is 12.8 Å². The Morgan fingerprint density at radius 1 is 1.50 bits per heavy atom. The molecule has 8 heteroatoms. The number of sulfone groups is 1. The van der Waals surface area contributed by atoms with Crippen molar-refractivity contribution >= 4 is 15.8 Å². The molecule has 0 heterocycles. The van der Waals surface area contributed by atoms with Crippen LogP contribution < -0.4 is 5.32 Å². The van der Waals surface area contributed by atoms with Gasteiger partial charge in [-0.3, -0.25) is 0 Å². The van der Waals surface area contributed by atoms with Gasteiger partial charge >= 0.3 is 11.9 Å². The highest BCUT2D eigenvalue weighted by atomic mass is 32.2. The molecule has 0 fully saturated rings. The molecule has 0 aliphatic rings. The minimum Gasteiger partial charge on any atom is -0.477 e. The molecular weight excluding hydrogens is 220 g/mol. The summed E-state index contributed by atoms with van der Waals surface area (Å²) < 4.78 is 45.8. The first kappa shape index (κ1) is 13.2. The van der Waals surface area contributed by atoms with E-state index in [-0.39, 0.29) is 12.3 Å². The SMILES string of the molecule is CS(=O)(=O)CCNCC(F)(F)C(=O)O. The predicted molar refractivity (Wildman–Crippen MR) is 45.2 cm³/mol. The van der Waals surface area contributed by atoms with Crippen molar-refractivity contribution in [2.45, 2.75) is 5.92 Å². The third-order valence-corrected chi connectivity index (χ3v) is 2.26. The fourth-order valence-corrected chi connectivity index (χ4v) is 1.09. The van der Waals surface area contributed by atoms with Crippen LogP contribution in [0.25, 0.3) is 0 Å². The Kier molecular flexibility index (Phi) is 4.40. The van der Waals surface area contributed by atoms with E-state index in [1.165, 1.54) is 0 Å². The number of hydrogen-bond donors (Lipinski definition) is 2. The largest absolute Gasteiger partial charge is 0.477 e. The Morgan fingerprint density at radius 3 is 2.36 bits per heavy atom. The lowest BCUT2D eigenvalue weighted by Crippen LogP contribution is -2.41. The zero-order valence-corrected chi connectivity index (χ0v) is 8.27. The van der Waals surface area contributed by atoms with Crippen molar-refractivity contribution in [3.05, 3.63) is 0 Å². The molecule has 84 valence electrons. The van der Waals surface area contributed by atoms with Crippen LogP contribution in [-0.2, 0) is 14.6 Å². The van der Waals surface area contributed by atoms with Crippen molar-refractivity contribution in [1.29, 1.82) is 0 Å². The molecule has 14 heavy (non-hydrogen) atoms. The van der Waals surface area contributed by atoms with Crippen LogP contribution in [0.5, 0.6) is 0 Å². The summed E-state index contributed by atoms with van der Waals surface area (Å²) in [5, 5.41) is 10.0. The van der Waals surface area contributed by atoms with Gasteiger partial charge in [0.25, 0.3) is 0 Å². The first-order chi connectivity index (χ1) is 6.15. The number of carboxylic acids is 1. The highest BCUT2D eigenvalue weighted by Gasteiger charge is 2.38. The second-order valence-corrected chi connectivity index (χ2v) is 5.08. The summed E-state index contributed by atoms with van der Waals surface area (Å²) in [4.78, 5) is 9.90. The van der Waals surface area contributed by atoms with Gasteiger partial charge < -0.3 is 10.4 Å². The average Bonchev–Trinajstić information content (AvgIpc) is 1.96.